The van der Waals surface area contributed by atoms with Gasteiger partial charge in [0.25, 0.3) is 0 Å². The quantitative estimate of drug-likeness (QED) is 0.279. The van der Waals surface area contributed by atoms with Gasteiger partial charge in [-0.05, 0) is 13.3 Å². The maximum Gasteiger partial charge on any atom is 0.331 e. The number of carbonyl (C=O) groups excluding carboxylic acids is 1. The van der Waals surface area contributed by atoms with Crippen molar-refractivity contribution in [3.63, 3.8) is 0 Å². The third kappa shape index (κ3) is 4.17. The number of ether oxygens (including phenoxy) is 1. The molecule has 0 rings (SSSR count). The van der Waals surface area contributed by atoms with E-state index in [1.54, 1.807) is 13.0 Å². The fourth-order valence-corrected chi connectivity index (χ4v) is 0.794. The van der Waals surface area contributed by atoms with E-state index in [-0.39, 0.29) is 0 Å². The molecular formula is C11H14O2. The molecule has 1 unspecified atom stereocenters. The number of allylic oxidation sites excluding steroid dienone is 1. The topological polar surface area (TPSA) is 26.3 Å². The highest BCUT2D eigenvalue weighted by atomic mass is 16.6. The van der Waals surface area contributed by atoms with Gasteiger partial charge in [-0.1, -0.05) is 18.6 Å². The summed E-state index contributed by atoms with van der Waals surface area (Å²) >= 11 is 0. The lowest BCUT2D eigenvalue weighted by atomic mass is 10.0. The summed E-state index contributed by atoms with van der Waals surface area (Å²) in [7, 11) is 0. The average molecular weight is 178 g/mol. The number of terminal acetylenes is 1. The van der Waals surface area contributed by atoms with Crippen LogP contribution in [-0.2, 0) is 9.53 Å². The molecule has 0 aliphatic rings. The fraction of sp³-hybridized carbons (Fsp3) is 0.364. The van der Waals surface area contributed by atoms with E-state index < -0.39 is 11.6 Å². The summed E-state index contributed by atoms with van der Waals surface area (Å²) in [5, 5.41) is 0. The van der Waals surface area contributed by atoms with Gasteiger partial charge in [0.2, 0.25) is 0 Å². The minimum absolute atomic E-state index is 0.496. The molecule has 0 saturated heterocycles. The van der Waals surface area contributed by atoms with Crippen LogP contribution in [0.5, 0.6) is 0 Å². The van der Waals surface area contributed by atoms with Crippen molar-refractivity contribution in [3.05, 3.63) is 25.3 Å². The highest BCUT2D eigenvalue weighted by Crippen LogP contribution is 2.17. The van der Waals surface area contributed by atoms with Gasteiger partial charge in [0.15, 0.2) is 5.60 Å². The lowest BCUT2D eigenvalue weighted by molar-refractivity contribution is -0.147. The minimum atomic E-state index is -0.848. The number of esters is 1. The summed E-state index contributed by atoms with van der Waals surface area (Å²) < 4.78 is 5.00. The van der Waals surface area contributed by atoms with Crippen LogP contribution in [0.15, 0.2) is 25.3 Å². The summed E-state index contributed by atoms with van der Waals surface area (Å²) in [5.74, 6) is 1.94. The van der Waals surface area contributed by atoms with Gasteiger partial charge in [-0.3, -0.25) is 0 Å². The molecule has 0 amide bonds. The molecule has 0 aromatic carbocycles. The lowest BCUT2D eigenvalue weighted by Gasteiger charge is -2.22. The summed E-state index contributed by atoms with van der Waals surface area (Å²) in [6, 6.07) is 0. The van der Waals surface area contributed by atoms with Crippen molar-refractivity contribution in [2.24, 2.45) is 0 Å². The Morgan fingerprint density at radius 3 is 2.69 bits per heavy atom. The number of carbonyl (C=O) groups is 1. The largest absolute Gasteiger partial charge is 0.443 e. The maximum atomic E-state index is 10.9. The molecule has 2 heteroatoms. The molecule has 0 aliphatic heterocycles. The fourth-order valence-electron chi connectivity index (χ4n) is 0.794. The van der Waals surface area contributed by atoms with Crippen molar-refractivity contribution in [3.8, 4) is 12.3 Å². The van der Waals surface area contributed by atoms with Crippen LogP contribution >= 0.6 is 0 Å². The Labute approximate surface area is 79.3 Å². The smallest absolute Gasteiger partial charge is 0.331 e. The Morgan fingerprint density at radius 1 is 1.69 bits per heavy atom. The van der Waals surface area contributed by atoms with Gasteiger partial charge < -0.3 is 4.74 Å². The second-order valence-corrected chi connectivity index (χ2v) is 2.83. The van der Waals surface area contributed by atoms with Crippen LogP contribution in [-0.4, -0.2) is 11.6 Å². The molecule has 0 aromatic heterocycles. The molecule has 1 atom stereocenters. The molecule has 0 N–H and O–H groups in total. The van der Waals surface area contributed by atoms with E-state index in [1.807, 2.05) is 0 Å². The van der Waals surface area contributed by atoms with E-state index in [4.69, 9.17) is 11.2 Å². The molecule has 0 heterocycles. The zero-order valence-corrected chi connectivity index (χ0v) is 7.88. The first-order valence-corrected chi connectivity index (χ1v) is 4.02. The third-order valence-corrected chi connectivity index (χ3v) is 1.62. The van der Waals surface area contributed by atoms with Crippen LogP contribution in [0.1, 0.15) is 19.8 Å². The average Bonchev–Trinajstić information content (AvgIpc) is 2.14. The van der Waals surface area contributed by atoms with E-state index in [9.17, 15) is 4.79 Å². The van der Waals surface area contributed by atoms with Crippen LogP contribution in [0, 0.1) is 12.3 Å². The Hall–Kier alpha value is -1.49. The highest BCUT2D eigenvalue weighted by molar-refractivity contribution is 5.81. The molecule has 0 radical (unpaired) electrons. The van der Waals surface area contributed by atoms with Crippen molar-refractivity contribution >= 4 is 5.97 Å². The van der Waals surface area contributed by atoms with Crippen molar-refractivity contribution in [2.45, 2.75) is 25.4 Å². The van der Waals surface area contributed by atoms with Crippen molar-refractivity contribution in [1.29, 1.82) is 0 Å². The Bertz CT molecular complexity index is 247. The van der Waals surface area contributed by atoms with E-state index in [0.29, 0.717) is 12.8 Å². The van der Waals surface area contributed by atoms with Crippen molar-refractivity contribution in [2.75, 3.05) is 0 Å². The second-order valence-electron chi connectivity index (χ2n) is 2.83. The van der Waals surface area contributed by atoms with E-state index in [0.717, 1.165) is 6.08 Å². The first kappa shape index (κ1) is 11.5. The van der Waals surface area contributed by atoms with E-state index >= 15 is 0 Å². The van der Waals surface area contributed by atoms with E-state index in [2.05, 4.69) is 19.1 Å². The number of hydrogen-bond donors (Lipinski definition) is 0. The molecular weight excluding hydrogens is 164 g/mol. The molecule has 70 valence electrons. The van der Waals surface area contributed by atoms with Crippen LogP contribution in [0.2, 0.25) is 0 Å². The third-order valence-electron chi connectivity index (χ3n) is 1.62. The first-order chi connectivity index (χ1) is 6.08. The Kier molecular flexibility index (Phi) is 4.61. The van der Waals surface area contributed by atoms with Crippen LogP contribution in [0.3, 0.4) is 0 Å². The molecule has 0 bridgehead atoms. The monoisotopic (exact) mass is 178 g/mol. The predicted molar refractivity (Wildman–Crippen MR) is 53.0 cm³/mol. The van der Waals surface area contributed by atoms with Gasteiger partial charge in [-0.2, -0.15) is 0 Å². The van der Waals surface area contributed by atoms with Gasteiger partial charge >= 0.3 is 5.97 Å². The summed E-state index contributed by atoms with van der Waals surface area (Å²) in [6.45, 7) is 8.56. The maximum absolute atomic E-state index is 10.9. The highest BCUT2D eigenvalue weighted by Gasteiger charge is 2.23. The van der Waals surface area contributed by atoms with Gasteiger partial charge in [-0.15, -0.1) is 13.0 Å². The Balaban J connectivity index is 4.28. The predicted octanol–water partition coefficient (Wildman–Crippen LogP) is 2.07. The van der Waals surface area contributed by atoms with Crippen molar-refractivity contribution < 1.29 is 9.53 Å². The van der Waals surface area contributed by atoms with Crippen LogP contribution in [0.4, 0.5) is 0 Å². The molecule has 0 aromatic rings. The van der Waals surface area contributed by atoms with Crippen LogP contribution in [0.25, 0.3) is 0 Å². The minimum Gasteiger partial charge on any atom is -0.443 e. The van der Waals surface area contributed by atoms with Crippen molar-refractivity contribution in [1.82, 2.24) is 0 Å². The first-order valence-electron chi connectivity index (χ1n) is 4.02. The Morgan fingerprint density at radius 2 is 2.31 bits per heavy atom. The SMILES string of the molecule is C#CC(C)(CCC=C)OC(=O)C=C. The summed E-state index contributed by atoms with van der Waals surface area (Å²) in [4.78, 5) is 10.9. The van der Waals surface area contributed by atoms with E-state index in [1.165, 1.54) is 0 Å². The molecule has 0 aliphatic carbocycles. The second kappa shape index (κ2) is 5.21. The number of hydrogen-bond acceptors (Lipinski definition) is 2. The summed E-state index contributed by atoms with van der Waals surface area (Å²) in [5.41, 5.74) is -0.848. The van der Waals surface area contributed by atoms with Gasteiger partial charge in [0.05, 0.1) is 0 Å². The molecule has 0 spiro atoms. The normalized spacial score (nSPS) is 13.5. The zero-order chi connectivity index (χ0) is 10.3. The lowest BCUT2D eigenvalue weighted by Crippen LogP contribution is -2.28. The summed E-state index contributed by atoms with van der Waals surface area (Å²) in [6.07, 6.45) is 9.38. The molecule has 13 heavy (non-hydrogen) atoms. The zero-order valence-electron chi connectivity index (χ0n) is 7.88. The molecule has 2 nitrogen and oxygen atoms in total. The van der Waals surface area contributed by atoms with Gasteiger partial charge in [0.1, 0.15) is 0 Å². The van der Waals surface area contributed by atoms with Gasteiger partial charge in [-0.25, -0.2) is 4.79 Å². The standard InChI is InChI=1S/C11H14O2/c1-5-8-9-11(4,7-3)13-10(12)6-2/h3,5-6H,1-2,8-9H2,4H3. The molecule has 0 saturated carbocycles. The number of rotatable bonds is 5. The molecule has 0 fully saturated rings. The van der Waals surface area contributed by atoms with Gasteiger partial charge in [0, 0.05) is 12.5 Å². The van der Waals surface area contributed by atoms with Crippen LogP contribution < -0.4 is 0 Å².